The van der Waals surface area contributed by atoms with Crippen LogP contribution in [0.5, 0.6) is 0 Å². The van der Waals surface area contributed by atoms with Crippen molar-refractivity contribution in [1.29, 1.82) is 0 Å². The van der Waals surface area contributed by atoms with Crippen LogP contribution in [0.4, 0.5) is 0 Å². The summed E-state index contributed by atoms with van der Waals surface area (Å²) < 4.78 is 6.69. The van der Waals surface area contributed by atoms with Crippen LogP contribution >= 0.6 is 0 Å². The maximum atomic E-state index is 12.9. The van der Waals surface area contributed by atoms with E-state index in [9.17, 15) is 9.59 Å². The Balaban J connectivity index is 1.41. The van der Waals surface area contributed by atoms with Crippen molar-refractivity contribution < 1.29 is 0 Å². The second kappa shape index (κ2) is 7.03. The SMILES string of the molecule is Cc1ccc2[se]n(C3CCC(n4[se]c5ccc(C)cc5c4=O)CC3)c(=O)c2c1. The summed E-state index contributed by atoms with van der Waals surface area (Å²) in [6.07, 6.45) is 4.00. The summed E-state index contributed by atoms with van der Waals surface area (Å²) in [5.41, 5.74) is 2.73. The topological polar surface area (TPSA) is 44.0 Å². The zero-order chi connectivity index (χ0) is 19.4. The molecule has 1 aliphatic rings. The van der Waals surface area contributed by atoms with Crippen LogP contribution in [0, 0.1) is 13.8 Å². The van der Waals surface area contributed by atoms with E-state index in [4.69, 9.17) is 0 Å². The van der Waals surface area contributed by atoms with Gasteiger partial charge >= 0.3 is 176 Å². The number of fused-ring (bicyclic) bond motifs is 2. The van der Waals surface area contributed by atoms with Crippen molar-refractivity contribution in [1.82, 2.24) is 7.12 Å². The molecule has 5 rings (SSSR count). The van der Waals surface area contributed by atoms with Gasteiger partial charge in [-0.1, -0.05) is 0 Å². The summed E-state index contributed by atoms with van der Waals surface area (Å²) in [5.74, 6) is 0. The van der Waals surface area contributed by atoms with Gasteiger partial charge < -0.3 is 0 Å². The Hall–Kier alpha value is -1.58. The predicted molar refractivity (Wildman–Crippen MR) is 116 cm³/mol. The monoisotopic (exact) mass is 506 g/mol. The molecule has 2 aromatic heterocycles. The minimum atomic E-state index is 0.0960. The molecular formula is C22H22N2O2Se2. The molecule has 0 spiro atoms. The van der Waals surface area contributed by atoms with Gasteiger partial charge in [-0.15, -0.1) is 0 Å². The van der Waals surface area contributed by atoms with Crippen LogP contribution in [0.3, 0.4) is 0 Å². The summed E-state index contributed by atoms with van der Waals surface area (Å²) in [7, 11) is 0. The standard InChI is InChI=1S/C22H22N2O2Se2/c1-13-3-9-19-17(11-13)21(25)23(27-19)15-5-7-16(8-6-15)24-22(26)18-12-14(2)4-10-20(18)28-24/h3-4,9-12,15-16H,5-8H2,1-2H3. The van der Waals surface area contributed by atoms with Gasteiger partial charge in [0.15, 0.2) is 0 Å². The van der Waals surface area contributed by atoms with Crippen LogP contribution in [-0.4, -0.2) is 36.6 Å². The molecule has 2 heterocycles. The van der Waals surface area contributed by atoms with Crippen molar-refractivity contribution in [2.45, 2.75) is 51.6 Å². The van der Waals surface area contributed by atoms with Crippen LogP contribution in [-0.2, 0) is 0 Å². The Morgan fingerprint density at radius 3 is 1.50 bits per heavy atom. The number of benzene rings is 2. The Morgan fingerprint density at radius 1 is 0.714 bits per heavy atom. The van der Waals surface area contributed by atoms with Crippen LogP contribution in [0.15, 0.2) is 46.0 Å². The van der Waals surface area contributed by atoms with E-state index in [1.165, 1.54) is 8.52 Å². The van der Waals surface area contributed by atoms with Crippen LogP contribution in [0.1, 0.15) is 48.9 Å². The molecule has 0 atom stereocenters. The quantitative estimate of drug-likeness (QED) is 0.393. The van der Waals surface area contributed by atoms with Gasteiger partial charge in [0, 0.05) is 0 Å². The molecule has 4 aromatic rings. The number of nitrogens with zero attached hydrogens (tertiary/aromatic N) is 2. The molecule has 0 aliphatic heterocycles. The average Bonchev–Trinajstić information content (AvgIpc) is 3.19. The van der Waals surface area contributed by atoms with Gasteiger partial charge in [0.1, 0.15) is 0 Å². The molecule has 1 fully saturated rings. The van der Waals surface area contributed by atoms with E-state index in [-0.39, 0.29) is 40.6 Å². The molecular weight excluding hydrogens is 482 g/mol. The third-order valence-electron chi connectivity index (χ3n) is 5.85. The molecule has 4 nitrogen and oxygen atoms in total. The first-order chi connectivity index (χ1) is 13.5. The molecule has 1 saturated carbocycles. The molecule has 0 unspecified atom stereocenters. The van der Waals surface area contributed by atoms with Crippen molar-refractivity contribution in [3.8, 4) is 0 Å². The molecule has 0 amide bonds. The average molecular weight is 504 g/mol. The number of aromatic nitrogens is 2. The summed E-state index contributed by atoms with van der Waals surface area (Å²) >= 11 is 0.192. The van der Waals surface area contributed by atoms with E-state index in [0.717, 1.165) is 47.6 Å². The maximum absolute atomic E-state index is 12.9. The Bertz CT molecular complexity index is 1200. The first-order valence-corrected chi connectivity index (χ1v) is 13.0. The molecule has 0 N–H and O–H groups in total. The van der Waals surface area contributed by atoms with E-state index >= 15 is 0 Å². The normalized spacial score (nSPS) is 20.2. The minimum absolute atomic E-state index is 0.0960. The van der Waals surface area contributed by atoms with Crippen molar-refractivity contribution in [3.63, 3.8) is 0 Å². The van der Waals surface area contributed by atoms with Gasteiger partial charge in [-0.2, -0.15) is 0 Å². The van der Waals surface area contributed by atoms with E-state index in [0.29, 0.717) is 12.1 Å². The molecule has 1 aliphatic carbocycles. The molecule has 144 valence electrons. The summed E-state index contributed by atoms with van der Waals surface area (Å²) in [4.78, 5) is 25.8. The van der Waals surface area contributed by atoms with Gasteiger partial charge in [-0.25, -0.2) is 0 Å². The molecule has 2 aromatic carbocycles. The van der Waals surface area contributed by atoms with Crippen LogP contribution in [0.2, 0.25) is 0 Å². The van der Waals surface area contributed by atoms with Crippen molar-refractivity contribution in [3.05, 3.63) is 68.2 Å². The van der Waals surface area contributed by atoms with Crippen molar-refractivity contribution in [2.75, 3.05) is 0 Å². The number of hydrogen-bond donors (Lipinski definition) is 0. The molecule has 0 radical (unpaired) electrons. The van der Waals surface area contributed by atoms with E-state index in [2.05, 4.69) is 31.4 Å². The fourth-order valence-electron chi connectivity index (χ4n) is 4.32. The fraction of sp³-hybridized carbons (Fsp3) is 0.364. The summed E-state index contributed by atoms with van der Waals surface area (Å²) in [6.45, 7) is 4.09. The number of aryl methyl sites for hydroxylation is 2. The number of rotatable bonds is 2. The summed E-state index contributed by atoms with van der Waals surface area (Å²) in [5, 5.41) is 1.82. The second-order valence-electron chi connectivity index (χ2n) is 7.91. The van der Waals surface area contributed by atoms with E-state index in [1.54, 1.807) is 0 Å². The van der Waals surface area contributed by atoms with E-state index in [1.807, 2.05) is 26.0 Å². The van der Waals surface area contributed by atoms with Gasteiger partial charge in [-0.05, 0) is 0 Å². The second-order valence-corrected chi connectivity index (χ2v) is 12.2. The molecule has 6 heteroatoms. The molecule has 0 saturated heterocycles. The van der Waals surface area contributed by atoms with Crippen molar-refractivity contribution >= 4 is 48.8 Å². The fourth-order valence-corrected chi connectivity index (χ4v) is 9.05. The zero-order valence-electron chi connectivity index (χ0n) is 16.0. The van der Waals surface area contributed by atoms with E-state index < -0.39 is 0 Å². The van der Waals surface area contributed by atoms with Crippen molar-refractivity contribution in [2.24, 2.45) is 0 Å². The molecule has 0 bridgehead atoms. The van der Waals surface area contributed by atoms with Gasteiger partial charge in [0.05, 0.1) is 0 Å². The number of hydrogen-bond acceptors (Lipinski definition) is 2. The Labute approximate surface area is 175 Å². The summed E-state index contributed by atoms with van der Waals surface area (Å²) in [6, 6.07) is 13.2. The molecule has 28 heavy (non-hydrogen) atoms. The first kappa shape index (κ1) is 18.4. The van der Waals surface area contributed by atoms with Gasteiger partial charge in [-0.3, -0.25) is 0 Å². The van der Waals surface area contributed by atoms with Crippen LogP contribution in [0.25, 0.3) is 19.3 Å². The Kier molecular flexibility index (Phi) is 4.63. The van der Waals surface area contributed by atoms with Crippen LogP contribution < -0.4 is 11.1 Å². The predicted octanol–water partition coefficient (Wildman–Crippen LogP) is 3.40. The van der Waals surface area contributed by atoms with Gasteiger partial charge in [0.2, 0.25) is 0 Å². The van der Waals surface area contributed by atoms with Gasteiger partial charge in [0.25, 0.3) is 0 Å². The third kappa shape index (κ3) is 3.04. The third-order valence-corrected chi connectivity index (χ3v) is 10.9. The zero-order valence-corrected chi connectivity index (χ0v) is 19.4. The Morgan fingerprint density at radius 2 is 1.11 bits per heavy atom. The first-order valence-electron chi connectivity index (χ1n) is 9.75.